The first-order valence-corrected chi connectivity index (χ1v) is 9.68. The first-order valence-electron chi connectivity index (χ1n) is 8.86. The summed E-state index contributed by atoms with van der Waals surface area (Å²) in [4.78, 5) is 5.32. The zero-order chi connectivity index (χ0) is 20.9. The molecular formula is C22H21N3O3S. The quantitative estimate of drug-likeness (QED) is 0.382. The van der Waals surface area contributed by atoms with E-state index >= 15 is 0 Å². The molecule has 0 aliphatic carbocycles. The maximum Gasteiger partial charge on any atom is 0.279 e. The maximum absolute atomic E-state index is 9.20. The molecule has 29 heavy (non-hydrogen) atoms. The standard InChI is InChI=1S/C22H21N3O3S/c1-3-12-27-13-10-25-8-6-18(7-9-25)4-5-20-15-19(17-28-14-11-26)22(29-20)21(16-23)24-2/h1,4-9,15,26H,10-14,17H2/b20-5+,22-21-. The lowest BCUT2D eigenvalue weighted by molar-refractivity contribution is 0.0814. The van der Waals surface area contributed by atoms with Gasteiger partial charge in [-0.05, 0) is 35.4 Å². The minimum absolute atomic E-state index is 0.0463. The number of aliphatic hydroxyl groups is 1. The number of hydrogen-bond donors (Lipinski definition) is 1. The van der Waals surface area contributed by atoms with Gasteiger partial charge in [0.1, 0.15) is 6.61 Å². The van der Waals surface area contributed by atoms with Gasteiger partial charge in [-0.1, -0.05) is 12.0 Å². The van der Waals surface area contributed by atoms with E-state index in [2.05, 4.69) is 10.8 Å². The Morgan fingerprint density at radius 2 is 2.10 bits per heavy atom. The highest BCUT2D eigenvalue weighted by molar-refractivity contribution is 7.08. The molecule has 0 aromatic carbocycles. The van der Waals surface area contributed by atoms with Crippen LogP contribution in [0.1, 0.15) is 5.56 Å². The summed E-state index contributed by atoms with van der Waals surface area (Å²) in [5.41, 5.74) is 1.84. The van der Waals surface area contributed by atoms with Crippen molar-refractivity contribution in [1.29, 1.82) is 5.26 Å². The van der Waals surface area contributed by atoms with E-state index in [0.29, 0.717) is 17.7 Å². The van der Waals surface area contributed by atoms with Gasteiger partial charge in [-0.15, -0.1) is 17.8 Å². The molecule has 0 radical (unpaired) electrons. The van der Waals surface area contributed by atoms with Crippen molar-refractivity contribution in [1.82, 2.24) is 4.90 Å². The Labute approximate surface area is 174 Å². The van der Waals surface area contributed by atoms with Crippen LogP contribution in [0.25, 0.3) is 16.6 Å². The summed E-state index contributed by atoms with van der Waals surface area (Å²) >= 11 is 1.37. The van der Waals surface area contributed by atoms with Gasteiger partial charge in [-0.3, -0.25) is 0 Å². The van der Waals surface area contributed by atoms with E-state index in [1.54, 1.807) is 0 Å². The van der Waals surface area contributed by atoms with E-state index in [0.717, 1.165) is 22.2 Å². The predicted molar refractivity (Wildman–Crippen MR) is 113 cm³/mol. The molecule has 6 nitrogen and oxygen atoms in total. The minimum Gasteiger partial charge on any atom is -0.394 e. The molecule has 0 bridgehead atoms. The highest BCUT2D eigenvalue weighted by Crippen LogP contribution is 2.09. The molecule has 0 amide bonds. The third-order valence-electron chi connectivity index (χ3n) is 3.79. The highest BCUT2D eigenvalue weighted by atomic mass is 32.1. The number of aliphatic hydroxyl groups excluding tert-OH is 1. The van der Waals surface area contributed by atoms with E-state index in [1.807, 2.05) is 53.7 Å². The van der Waals surface area contributed by atoms with E-state index in [9.17, 15) is 5.26 Å². The molecule has 1 aromatic rings. The third-order valence-corrected chi connectivity index (χ3v) is 4.94. The Morgan fingerprint density at radius 1 is 1.31 bits per heavy atom. The molecule has 1 aliphatic rings. The van der Waals surface area contributed by atoms with Crippen LogP contribution >= 0.6 is 11.3 Å². The molecule has 2 rings (SSSR count). The van der Waals surface area contributed by atoms with Crippen molar-refractivity contribution in [3.8, 4) is 18.4 Å². The fraction of sp³-hybridized carbons (Fsp3) is 0.273. The van der Waals surface area contributed by atoms with E-state index in [4.69, 9.17) is 27.6 Å². The van der Waals surface area contributed by atoms with Gasteiger partial charge in [0.15, 0.2) is 0 Å². The van der Waals surface area contributed by atoms with Crippen LogP contribution in [0.5, 0.6) is 0 Å². The van der Waals surface area contributed by atoms with E-state index < -0.39 is 0 Å². The van der Waals surface area contributed by atoms with Gasteiger partial charge in [0.25, 0.3) is 5.70 Å². The molecule has 0 fully saturated rings. The maximum atomic E-state index is 9.20. The van der Waals surface area contributed by atoms with Gasteiger partial charge in [0.05, 0.1) is 43.6 Å². The van der Waals surface area contributed by atoms with Crippen molar-refractivity contribution < 1.29 is 14.6 Å². The normalized spacial score (nSPS) is 14.3. The number of thiophene rings is 1. The van der Waals surface area contributed by atoms with Gasteiger partial charge in [-0.2, -0.15) is 0 Å². The number of hydrogen-bond acceptors (Lipinski definition) is 6. The van der Waals surface area contributed by atoms with Crippen molar-refractivity contribution in [2.45, 2.75) is 6.61 Å². The Hall–Kier alpha value is -3.12. The Bertz CT molecular complexity index is 997. The Morgan fingerprint density at radius 3 is 2.76 bits per heavy atom. The molecule has 1 N–H and O–H groups in total. The number of nitrogens with zero attached hydrogens (tertiary/aromatic N) is 3. The largest absolute Gasteiger partial charge is 0.394 e. The fourth-order valence-electron chi connectivity index (χ4n) is 2.42. The van der Waals surface area contributed by atoms with Crippen LogP contribution in [0.3, 0.4) is 0 Å². The van der Waals surface area contributed by atoms with Crippen molar-refractivity contribution >= 4 is 23.1 Å². The summed E-state index contributed by atoms with van der Waals surface area (Å²) in [6.45, 7) is 9.17. The summed E-state index contributed by atoms with van der Waals surface area (Å²) in [7, 11) is 0. The molecular weight excluding hydrogens is 386 g/mol. The predicted octanol–water partition coefficient (Wildman–Crippen LogP) is 1.51. The monoisotopic (exact) mass is 407 g/mol. The van der Waals surface area contributed by atoms with E-state index in [-0.39, 0.29) is 25.5 Å². The number of terminal acetylenes is 1. The summed E-state index contributed by atoms with van der Waals surface area (Å²) in [5, 5.41) is 18.1. The van der Waals surface area contributed by atoms with Crippen molar-refractivity contribution in [3.63, 3.8) is 0 Å². The van der Waals surface area contributed by atoms with Gasteiger partial charge in [0, 0.05) is 23.5 Å². The Kier molecular flexibility index (Phi) is 9.45. The van der Waals surface area contributed by atoms with Crippen molar-refractivity contribution in [2.24, 2.45) is 0 Å². The number of ether oxygens (including phenoxy) is 2. The second kappa shape index (κ2) is 12.4. The lowest BCUT2D eigenvalue weighted by Gasteiger charge is -2.18. The molecule has 2 heterocycles. The molecule has 7 heteroatoms. The SMILES string of the molecule is [C-]#[N+]/C(C#N)=c1\s/c(=C/C=C2C=CN(CCOCC#C)C=C2)cc1COCCO. The van der Waals surface area contributed by atoms with Crippen LogP contribution in [0, 0.1) is 30.2 Å². The summed E-state index contributed by atoms with van der Waals surface area (Å²) in [6, 6.07) is 3.84. The van der Waals surface area contributed by atoms with Gasteiger partial charge in [-0.25, -0.2) is 10.1 Å². The summed E-state index contributed by atoms with van der Waals surface area (Å²) in [5.74, 6) is 2.44. The lowest BCUT2D eigenvalue weighted by atomic mass is 10.2. The number of rotatable bonds is 9. The van der Waals surface area contributed by atoms with Crippen molar-refractivity contribution in [3.05, 3.63) is 68.3 Å². The Balaban J connectivity index is 2.15. The molecule has 1 aliphatic heterocycles. The van der Waals surface area contributed by atoms with Crippen LogP contribution < -0.4 is 9.06 Å². The van der Waals surface area contributed by atoms with Crippen LogP contribution in [0.15, 0.2) is 42.3 Å². The topological polar surface area (TPSA) is 70.1 Å². The smallest absolute Gasteiger partial charge is 0.279 e. The fourth-order valence-corrected chi connectivity index (χ4v) is 3.43. The first-order chi connectivity index (χ1) is 14.2. The molecule has 0 unspecified atom stereocenters. The van der Waals surface area contributed by atoms with Crippen LogP contribution in [0.2, 0.25) is 0 Å². The average molecular weight is 407 g/mol. The molecule has 0 saturated heterocycles. The summed E-state index contributed by atoms with van der Waals surface area (Å²) < 4.78 is 12.2. The van der Waals surface area contributed by atoms with Crippen LogP contribution in [-0.4, -0.2) is 43.0 Å². The van der Waals surface area contributed by atoms with Crippen LogP contribution in [-0.2, 0) is 16.1 Å². The lowest BCUT2D eigenvalue weighted by Crippen LogP contribution is -2.18. The number of nitriles is 1. The van der Waals surface area contributed by atoms with Crippen molar-refractivity contribution in [2.75, 3.05) is 33.0 Å². The second-order valence-corrected chi connectivity index (χ2v) is 6.89. The average Bonchev–Trinajstić information content (AvgIpc) is 3.14. The molecule has 1 aromatic heterocycles. The second-order valence-electron chi connectivity index (χ2n) is 5.81. The molecule has 0 spiro atoms. The summed E-state index contributed by atoms with van der Waals surface area (Å²) in [6.07, 6.45) is 17.0. The van der Waals surface area contributed by atoms with Gasteiger partial charge < -0.3 is 19.5 Å². The molecule has 0 atom stereocenters. The minimum atomic E-state index is -0.0755. The zero-order valence-corrected chi connectivity index (χ0v) is 16.7. The highest BCUT2D eigenvalue weighted by Gasteiger charge is 2.06. The molecule has 148 valence electrons. The van der Waals surface area contributed by atoms with Gasteiger partial charge in [0.2, 0.25) is 0 Å². The van der Waals surface area contributed by atoms with E-state index in [1.165, 1.54) is 11.3 Å². The molecule has 0 saturated carbocycles. The third kappa shape index (κ3) is 7.08. The number of allylic oxidation sites excluding steroid dienone is 4. The van der Waals surface area contributed by atoms with Gasteiger partial charge >= 0.3 is 0 Å². The zero-order valence-electron chi connectivity index (χ0n) is 15.9. The first kappa shape index (κ1) is 22.2. The van der Waals surface area contributed by atoms with Crippen LogP contribution in [0.4, 0.5) is 0 Å².